The average Bonchev–Trinajstić information content (AvgIpc) is 2.58. The number of nitrogens with one attached hydrogen (secondary N) is 1. The molecule has 0 heterocycles. The molecule has 0 atom stereocenters. The van der Waals surface area contributed by atoms with Crippen molar-refractivity contribution in [3.8, 4) is 5.75 Å². The van der Waals surface area contributed by atoms with Crippen molar-refractivity contribution in [1.82, 2.24) is 5.43 Å². The quantitative estimate of drug-likeness (QED) is 0.585. The standard InChI is InChI=1S/C19H21BrN2O2/c1-13(2)15-6-10-18(11-7-15)24-12-19(23)22-21-14(3)16-4-8-17(20)9-5-16/h4-11,13H,12H2,1-3H3,(H,22,23)/b21-14+. The summed E-state index contributed by atoms with van der Waals surface area (Å²) in [6.07, 6.45) is 0. The van der Waals surface area contributed by atoms with Crippen molar-refractivity contribution in [2.45, 2.75) is 26.7 Å². The van der Waals surface area contributed by atoms with Crippen LogP contribution in [0.25, 0.3) is 0 Å². The van der Waals surface area contributed by atoms with Gasteiger partial charge < -0.3 is 4.74 Å². The Morgan fingerprint density at radius 2 is 1.75 bits per heavy atom. The topological polar surface area (TPSA) is 50.7 Å². The van der Waals surface area contributed by atoms with E-state index in [1.54, 1.807) is 0 Å². The lowest BCUT2D eigenvalue weighted by atomic mass is 10.0. The molecule has 2 rings (SSSR count). The first-order valence-corrected chi connectivity index (χ1v) is 8.57. The summed E-state index contributed by atoms with van der Waals surface area (Å²) in [6, 6.07) is 15.5. The molecule has 0 bridgehead atoms. The largest absolute Gasteiger partial charge is 0.484 e. The Labute approximate surface area is 151 Å². The fraction of sp³-hybridized carbons (Fsp3) is 0.263. The highest BCUT2D eigenvalue weighted by molar-refractivity contribution is 9.10. The molecule has 2 aromatic rings. The molecule has 1 N–H and O–H groups in total. The van der Waals surface area contributed by atoms with Crippen molar-refractivity contribution >= 4 is 27.5 Å². The molecule has 0 aliphatic rings. The second-order valence-electron chi connectivity index (χ2n) is 5.75. The zero-order valence-corrected chi connectivity index (χ0v) is 15.6. The third kappa shape index (κ3) is 5.49. The summed E-state index contributed by atoms with van der Waals surface area (Å²) in [4.78, 5) is 11.8. The number of carbonyl (C=O) groups is 1. The number of amides is 1. The highest BCUT2D eigenvalue weighted by Crippen LogP contribution is 2.18. The Bertz CT molecular complexity index is 707. The number of benzene rings is 2. The van der Waals surface area contributed by atoms with Crippen LogP contribution in [0.2, 0.25) is 0 Å². The van der Waals surface area contributed by atoms with E-state index >= 15 is 0 Å². The maximum Gasteiger partial charge on any atom is 0.277 e. The van der Waals surface area contributed by atoms with Crippen LogP contribution in [0.5, 0.6) is 5.75 Å². The van der Waals surface area contributed by atoms with E-state index in [4.69, 9.17) is 4.74 Å². The molecule has 4 nitrogen and oxygen atoms in total. The summed E-state index contributed by atoms with van der Waals surface area (Å²) < 4.78 is 6.47. The molecule has 0 saturated carbocycles. The van der Waals surface area contributed by atoms with Gasteiger partial charge in [0.2, 0.25) is 0 Å². The zero-order valence-electron chi connectivity index (χ0n) is 14.0. The molecule has 0 fully saturated rings. The number of ether oxygens (including phenoxy) is 1. The number of halogens is 1. The van der Waals surface area contributed by atoms with Crippen LogP contribution in [0, 0.1) is 0 Å². The molecule has 0 spiro atoms. The molecular weight excluding hydrogens is 368 g/mol. The molecule has 126 valence electrons. The lowest BCUT2D eigenvalue weighted by Crippen LogP contribution is -2.25. The van der Waals surface area contributed by atoms with Crippen LogP contribution in [0.1, 0.15) is 37.8 Å². The summed E-state index contributed by atoms with van der Waals surface area (Å²) in [7, 11) is 0. The van der Waals surface area contributed by atoms with Crippen LogP contribution in [-0.4, -0.2) is 18.2 Å². The van der Waals surface area contributed by atoms with E-state index in [1.807, 2.05) is 55.5 Å². The second-order valence-corrected chi connectivity index (χ2v) is 6.67. The first-order chi connectivity index (χ1) is 11.5. The van der Waals surface area contributed by atoms with Crippen LogP contribution < -0.4 is 10.2 Å². The predicted octanol–water partition coefficient (Wildman–Crippen LogP) is 4.49. The smallest absolute Gasteiger partial charge is 0.277 e. The molecule has 2 aromatic carbocycles. The minimum Gasteiger partial charge on any atom is -0.484 e. The first-order valence-electron chi connectivity index (χ1n) is 7.77. The molecular formula is C19H21BrN2O2. The highest BCUT2D eigenvalue weighted by atomic mass is 79.9. The summed E-state index contributed by atoms with van der Waals surface area (Å²) in [5, 5.41) is 4.10. The summed E-state index contributed by atoms with van der Waals surface area (Å²) in [5.74, 6) is 0.848. The van der Waals surface area contributed by atoms with E-state index in [2.05, 4.69) is 40.3 Å². The van der Waals surface area contributed by atoms with E-state index in [0.717, 1.165) is 15.7 Å². The Balaban J connectivity index is 1.84. The van der Waals surface area contributed by atoms with Crippen LogP contribution in [0.4, 0.5) is 0 Å². The molecule has 0 unspecified atom stereocenters. The maximum absolute atomic E-state index is 11.8. The number of nitrogens with zero attached hydrogens (tertiary/aromatic N) is 1. The zero-order chi connectivity index (χ0) is 17.5. The fourth-order valence-corrected chi connectivity index (χ4v) is 2.30. The average molecular weight is 389 g/mol. The lowest BCUT2D eigenvalue weighted by molar-refractivity contribution is -0.123. The Morgan fingerprint density at radius 1 is 1.12 bits per heavy atom. The normalized spacial score (nSPS) is 11.5. The number of hydrogen-bond acceptors (Lipinski definition) is 3. The van der Waals surface area contributed by atoms with Crippen molar-refractivity contribution in [3.05, 3.63) is 64.1 Å². The van der Waals surface area contributed by atoms with Gasteiger partial charge in [-0.3, -0.25) is 4.79 Å². The molecule has 5 heteroatoms. The van der Waals surface area contributed by atoms with Gasteiger partial charge in [0.15, 0.2) is 6.61 Å². The van der Waals surface area contributed by atoms with Gasteiger partial charge >= 0.3 is 0 Å². The predicted molar refractivity (Wildman–Crippen MR) is 101 cm³/mol. The van der Waals surface area contributed by atoms with E-state index in [9.17, 15) is 4.79 Å². The van der Waals surface area contributed by atoms with Crippen LogP contribution >= 0.6 is 15.9 Å². The fourth-order valence-electron chi connectivity index (χ4n) is 2.03. The van der Waals surface area contributed by atoms with Crippen molar-refractivity contribution < 1.29 is 9.53 Å². The summed E-state index contributed by atoms with van der Waals surface area (Å²) in [6.45, 7) is 6.04. The number of hydrogen-bond donors (Lipinski definition) is 1. The van der Waals surface area contributed by atoms with Crippen molar-refractivity contribution in [1.29, 1.82) is 0 Å². The van der Waals surface area contributed by atoms with Crippen LogP contribution in [0.15, 0.2) is 58.1 Å². The van der Waals surface area contributed by atoms with Gasteiger partial charge in [-0.05, 0) is 48.2 Å². The van der Waals surface area contributed by atoms with Gasteiger partial charge in [-0.1, -0.05) is 54.0 Å². The van der Waals surface area contributed by atoms with Crippen molar-refractivity contribution in [2.75, 3.05) is 6.61 Å². The van der Waals surface area contributed by atoms with Crippen LogP contribution in [0.3, 0.4) is 0 Å². The molecule has 24 heavy (non-hydrogen) atoms. The van der Waals surface area contributed by atoms with Crippen molar-refractivity contribution in [3.63, 3.8) is 0 Å². The van der Waals surface area contributed by atoms with E-state index in [-0.39, 0.29) is 12.5 Å². The Kier molecular flexibility index (Phi) is 6.55. The van der Waals surface area contributed by atoms with Gasteiger partial charge in [0, 0.05) is 4.47 Å². The lowest BCUT2D eigenvalue weighted by Gasteiger charge is -2.08. The third-order valence-corrected chi connectivity index (χ3v) is 4.06. The summed E-state index contributed by atoms with van der Waals surface area (Å²) in [5.41, 5.74) is 5.43. The number of carbonyl (C=O) groups excluding carboxylic acids is 1. The summed E-state index contributed by atoms with van der Waals surface area (Å²) >= 11 is 3.39. The minimum atomic E-state index is -0.292. The highest BCUT2D eigenvalue weighted by Gasteiger charge is 2.04. The monoisotopic (exact) mass is 388 g/mol. The maximum atomic E-state index is 11.8. The molecule has 0 aliphatic carbocycles. The minimum absolute atomic E-state index is 0.0713. The molecule has 0 aromatic heterocycles. The SMILES string of the molecule is C/C(=N\NC(=O)COc1ccc(C(C)C)cc1)c1ccc(Br)cc1. The molecule has 0 aliphatic heterocycles. The van der Waals surface area contributed by atoms with Crippen molar-refractivity contribution in [2.24, 2.45) is 5.10 Å². The van der Waals surface area contributed by atoms with Gasteiger partial charge in [0.1, 0.15) is 5.75 Å². The first kappa shape index (κ1) is 18.2. The van der Waals surface area contributed by atoms with E-state index < -0.39 is 0 Å². The molecule has 0 radical (unpaired) electrons. The van der Waals surface area contributed by atoms with Gasteiger partial charge in [0.05, 0.1) is 5.71 Å². The molecule has 1 amide bonds. The van der Waals surface area contributed by atoms with Gasteiger partial charge in [-0.25, -0.2) is 5.43 Å². The molecule has 0 saturated heterocycles. The third-order valence-electron chi connectivity index (χ3n) is 3.53. The van der Waals surface area contributed by atoms with Gasteiger partial charge in [-0.15, -0.1) is 0 Å². The van der Waals surface area contributed by atoms with Gasteiger partial charge in [0.25, 0.3) is 5.91 Å². The van der Waals surface area contributed by atoms with Gasteiger partial charge in [-0.2, -0.15) is 5.10 Å². The van der Waals surface area contributed by atoms with Crippen LogP contribution in [-0.2, 0) is 4.79 Å². The Morgan fingerprint density at radius 3 is 2.33 bits per heavy atom. The number of hydrazone groups is 1. The van der Waals surface area contributed by atoms with E-state index in [1.165, 1.54) is 5.56 Å². The Hall–Kier alpha value is -2.14. The second kappa shape index (κ2) is 8.64. The number of rotatable bonds is 6. The van der Waals surface area contributed by atoms with E-state index in [0.29, 0.717) is 11.7 Å².